The van der Waals surface area contributed by atoms with Gasteiger partial charge in [-0.05, 0) is 60.0 Å². The van der Waals surface area contributed by atoms with Crippen molar-refractivity contribution in [2.75, 3.05) is 13.1 Å². The Morgan fingerprint density at radius 2 is 1.67 bits per heavy atom. The molecule has 1 amide bonds. The van der Waals surface area contributed by atoms with Gasteiger partial charge in [-0.3, -0.25) is 9.78 Å². The summed E-state index contributed by atoms with van der Waals surface area (Å²) in [5.41, 5.74) is 3.57. The molecule has 1 saturated carbocycles. The summed E-state index contributed by atoms with van der Waals surface area (Å²) in [6.45, 7) is 3.74. The predicted octanol–water partition coefficient (Wildman–Crippen LogP) is 5.41. The van der Waals surface area contributed by atoms with Gasteiger partial charge in [0.25, 0.3) is 0 Å². The van der Waals surface area contributed by atoms with Crippen molar-refractivity contribution in [2.45, 2.75) is 38.7 Å². The number of hydrogen-bond acceptors (Lipinski definition) is 3. The number of halogens is 1. The van der Waals surface area contributed by atoms with Crippen molar-refractivity contribution >= 4 is 29.1 Å². The van der Waals surface area contributed by atoms with Crippen molar-refractivity contribution in [3.63, 3.8) is 0 Å². The van der Waals surface area contributed by atoms with Crippen LogP contribution in [0.3, 0.4) is 0 Å². The highest BCUT2D eigenvalue weighted by Gasteiger charge is 2.35. The van der Waals surface area contributed by atoms with E-state index in [2.05, 4.69) is 54.4 Å². The fraction of sp³-hybridized carbons (Fsp3) is 0.360. The predicted molar refractivity (Wildman–Crippen MR) is 122 cm³/mol. The molecule has 30 heavy (non-hydrogen) atoms. The summed E-state index contributed by atoms with van der Waals surface area (Å²) < 4.78 is 6.19. The van der Waals surface area contributed by atoms with Crippen LogP contribution in [0.5, 0.6) is 5.75 Å². The van der Waals surface area contributed by atoms with Gasteiger partial charge in [0.05, 0.1) is 0 Å². The number of nitrogens with zero attached hydrogens (tertiary/aromatic N) is 2. The van der Waals surface area contributed by atoms with Crippen molar-refractivity contribution in [2.24, 2.45) is 5.92 Å². The van der Waals surface area contributed by atoms with Gasteiger partial charge >= 0.3 is 0 Å². The molecular formula is C25H27ClN2O2. The Morgan fingerprint density at radius 1 is 0.967 bits per heavy atom. The standard InChI is InChI=1S/C25H26N2O2.ClH/c1-17-15-26-16-21-5-4-20(14-24(17)21)18-6-8-22(9-7-18)29-23-10-12-27(13-11-23)25(28)19-2-3-19;/h4-9,14-16,19,23H,2-3,10-13H2,1H3;1H. The summed E-state index contributed by atoms with van der Waals surface area (Å²) in [7, 11) is 0. The number of ether oxygens (including phenoxy) is 1. The molecule has 2 fully saturated rings. The van der Waals surface area contributed by atoms with Gasteiger partial charge < -0.3 is 9.64 Å². The lowest BCUT2D eigenvalue weighted by Gasteiger charge is -2.32. The Morgan fingerprint density at radius 3 is 2.37 bits per heavy atom. The van der Waals surface area contributed by atoms with Gasteiger partial charge in [0.2, 0.25) is 5.91 Å². The lowest BCUT2D eigenvalue weighted by molar-refractivity contribution is -0.134. The number of carbonyl (C=O) groups excluding carboxylic acids is 1. The number of amides is 1. The maximum atomic E-state index is 12.2. The highest BCUT2D eigenvalue weighted by atomic mass is 35.5. The first-order valence-electron chi connectivity index (χ1n) is 10.6. The first-order valence-corrected chi connectivity index (χ1v) is 10.6. The van der Waals surface area contributed by atoms with E-state index >= 15 is 0 Å². The number of benzene rings is 2. The third kappa shape index (κ3) is 4.29. The van der Waals surface area contributed by atoms with Crippen LogP contribution in [0.4, 0.5) is 0 Å². The molecule has 1 saturated heterocycles. The molecule has 0 radical (unpaired) electrons. The molecule has 1 aliphatic carbocycles. The Balaban J connectivity index is 0.00000218. The summed E-state index contributed by atoms with van der Waals surface area (Å²) in [4.78, 5) is 18.5. The topological polar surface area (TPSA) is 42.4 Å². The van der Waals surface area contributed by atoms with E-state index in [0.717, 1.165) is 44.5 Å². The van der Waals surface area contributed by atoms with Gasteiger partial charge in [-0.25, -0.2) is 0 Å². The summed E-state index contributed by atoms with van der Waals surface area (Å²) in [5.74, 6) is 1.58. The van der Waals surface area contributed by atoms with Crippen LogP contribution in [0.2, 0.25) is 0 Å². The maximum absolute atomic E-state index is 12.2. The Hall–Kier alpha value is -2.59. The number of piperidine rings is 1. The van der Waals surface area contributed by atoms with Crippen LogP contribution in [-0.2, 0) is 4.79 Å². The van der Waals surface area contributed by atoms with Crippen LogP contribution >= 0.6 is 12.4 Å². The van der Waals surface area contributed by atoms with E-state index in [9.17, 15) is 4.79 Å². The van der Waals surface area contributed by atoms with Crippen LogP contribution in [0, 0.1) is 12.8 Å². The first kappa shape index (κ1) is 20.7. The monoisotopic (exact) mass is 422 g/mol. The van der Waals surface area contributed by atoms with Crippen LogP contribution in [-0.4, -0.2) is 35.0 Å². The molecule has 0 spiro atoms. The van der Waals surface area contributed by atoms with Crippen LogP contribution in [0.1, 0.15) is 31.2 Å². The molecule has 0 bridgehead atoms. The fourth-order valence-corrected chi connectivity index (χ4v) is 4.19. The second-order valence-electron chi connectivity index (χ2n) is 8.33. The Labute approximate surface area is 183 Å². The van der Waals surface area contributed by atoms with Gasteiger partial charge in [0.15, 0.2) is 0 Å². The molecule has 2 aromatic carbocycles. The molecule has 5 rings (SSSR count). The largest absolute Gasteiger partial charge is 0.490 e. The maximum Gasteiger partial charge on any atom is 0.225 e. The molecule has 156 valence electrons. The van der Waals surface area contributed by atoms with E-state index in [1.54, 1.807) is 0 Å². The molecule has 1 aromatic heterocycles. The van der Waals surface area contributed by atoms with Crippen molar-refractivity contribution in [3.05, 3.63) is 60.4 Å². The third-order valence-electron chi connectivity index (χ3n) is 6.13. The van der Waals surface area contributed by atoms with E-state index < -0.39 is 0 Å². The van der Waals surface area contributed by atoms with Crippen molar-refractivity contribution in [3.8, 4) is 16.9 Å². The van der Waals surface area contributed by atoms with E-state index in [-0.39, 0.29) is 18.5 Å². The highest BCUT2D eigenvalue weighted by Crippen LogP contribution is 2.32. The average Bonchev–Trinajstić information content (AvgIpc) is 3.60. The van der Waals surface area contributed by atoms with Crippen LogP contribution in [0.15, 0.2) is 54.9 Å². The van der Waals surface area contributed by atoms with Crippen molar-refractivity contribution in [1.29, 1.82) is 0 Å². The normalized spacial score (nSPS) is 16.9. The fourth-order valence-electron chi connectivity index (χ4n) is 4.19. The number of aryl methyl sites for hydroxylation is 1. The van der Waals surface area contributed by atoms with Crippen LogP contribution < -0.4 is 4.74 Å². The van der Waals surface area contributed by atoms with E-state index in [1.807, 2.05) is 17.3 Å². The van der Waals surface area contributed by atoms with E-state index in [4.69, 9.17) is 4.74 Å². The molecule has 5 heteroatoms. The van der Waals surface area contributed by atoms with Crippen molar-refractivity contribution < 1.29 is 9.53 Å². The van der Waals surface area contributed by atoms with E-state index in [0.29, 0.717) is 11.8 Å². The Bertz CT molecular complexity index is 1040. The lowest BCUT2D eigenvalue weighted by Crippen LogP contribution is -2.42. The average molecular weight is 423 g/mol. The number of fused-ring (bicyclic) bond motifs is 1. The van der Waals surface area contributed by atoms with Gasteiger partial charge in [-0.15, -0.1) is 12.4 Å². The van der Waals surface area contributed by atoms with Crippen LogP contribution in [0.25, 0.3) is 21.9 Å². The highest BCUT2D eigenvalue weighted by molar-refractivity contribution is 5.89. The summed E-state index contributed by atoms with van der Waals surface area (Å²) in [6.07, 6.45) is 8.00. The third-order valence-corrected chi connectivity index (χ3v) is 6.13. The number of aromatic nitrogens is 1. The molecule has 2 aliphatic rings. The van der Waals surface area contributed by atoms with Gasteiger partial charge in [-0.1, -0.05) is 24.3 Å². The number of hydrogen-bond donors (Lipinski definition) is 0. The molecule has 3 aromatic rings. The molecular weight excluding hydrogens is 396 g/mol. The first-order chi connectivity index (χ1) is 14.2. The number of carbonyl (C=O) groups is 1. The summed E-state index contributed by atoms with van der Waals surface area (Å²) >= 11 is 0. The minimum atomic E-state index is 0. The quantitative estimate of drug-likeness (QED) is 0.564. The van der Waals surface area contributed by atoms with Gasteiger partial charge in [0, 0.05) is 49.6 Å². The van der Waals surface area contributed by atoms with E-state index in [1.165, 1.54) is 27.5 Å². The molecule has 4 nitrogen and oxygen atoms in total. The number of likely N-dealkylation sites (tertiary alicyclic amines) is 1. The number of pyridine rings is 1. The smallest absolute Gasteiger partial charge is 0.225 e. The van der Waals surface area contributed by atoms with Gasteiger partial charge in [0.1, 0.15) is 11.9 Å². The molecule has 0 atom stereocenters. The zero-order chi connectivity index (χ0) is 19.8. The molecule has 0 unspecified atom stereocenters. The summed E-state index contributed by atoms with van der Waals surface area (Å²) in [5, 5.41) is 2.41. The Kier molecular flexibility index (Phi) is 5.96. The second kappa shape index (κ2) is 8.65. The van der Waals surface area contributed by atoms with Gasteiger partial charge in [-0.2, -0.15) is 0 Å². The number of rotatable bonds is 4. The second-order valence-corrected chi connectivity index (χ2v) is 8.33. The minimum absolute atomic E-state index is 0. The lowest BCUT2D eigenvalue weighted by atomic mass is 10.0. The minimum Gasteiger partial charge on any atom is -0.490 e. The zero-order valence-electron chi connectivity index (χ0n) is 17.2. The summed E-state index contributed by atoms with van der Waals surface area (Å²) in [6, 6.07) is 14.9. The zero-order valence-corrected chi connectivity index (χ0v) is 18.0. The molecule has 1 aliphatic heterocycles. The SMILES string of the molecule is Cc1cncc2ccc(-c3ccc(OC4CCN(C(=O)C5CC5)CC4)cc3)cc12.Cl. The van der Waals surface area contributed by atoms with Crippen molar-refractivity contribution in [1.82, 2.24) is 9.88 Å². The molecule has 2 heterocycles. The molecule has 0 N–H and O–H groups in total.